The number of anilines is 1. The highest BCUT2D eigenvalue weighted by Crippen LogP contribution is 2.28. The molecule has 0 aliphatic carbocycles. The van der Waals surface area contributed by atoms with Gasteiger partial charge in [-0.1, -0.05) is 56.0 Å². The number of hydrogen-bond donors (Lipinski definition) is 1. The smallest absolute Gasteiger partial charge is 0.270 e. The van der Waals surface area contributed by atoms with Crippen LogP contribution in [0.1, 0.15) is 45.6 Å². The summed E-state index contributed by atoms with van der Waals surface area (Å²) < 4.78 is 26.9. The van der Waals surface area contributed by atoms with Gasteiger partial charge in [-0.2, -0.15) is 0 Å². The Hall–Kier alpha value is -2.69. The Balaban J connectivity index is 2.18. The zero-order valence-corrected chi connectivity index (χ0v) is 18.3. The van der Waals surface area contributed by atoms with Crippen LogP contribution in [0.4, 0.5) is 14.5 Å². The first-order valence-electron chi connectivity index (χ1n) is 10.5. The van der Waals surface area contributed by atoms with Gasteiger partial charge in [0.15, 0.2) is 5.84 Å². The van der Waals surface area contributed by atoms with Crippen LogP contribution in [0.3, 0.4) is 0 Å². The van der Waals surface area contributed by atoms with Crippen LogP contribution in [-0.4, -0.2) is 23.8 Å². The number of aliphatic imine (C=N–C) groups is 1. The number of benzene rings is 1. The number of alkyl halides is 2. The van der Waals surface area contributed by atoms with Crippen molar-refractivity contribution in [3.05, 3.63) is 78.7 Å². The van der Waals surface area contributed by atoms with Crippen molar-refractivity contribution < 1.29 is 8.78 Å². The lowest BCUT2D eigenvalue weighted by Gasteiger charge is -2.29. The second kappa shape index (κ2) is 10.9. The van der Waals surface area contributed by atoms with Gasteiger partial charge in [-0.15, -0.1) is 0 Å². The van der Waals surface area contributed by atoms with Gasteiger partial charge in [0.2, 0.25) is 0 Å². The number of nitrogens with zero attached hydrogens (tertiary/aromatic N) is 2. The highest BCUT2D eigenvalue weighted by molar-refractivity contribution is 6.00. The van der Waals surface area contributed by atoms with Crippen molar-refractivity contribution in [2.45, 2.75) is 46.0 Å². The SMILES string of the molecule is C=C(CC)CC1C=CCCN(C(=N/C=C\C)C(=C)Nc2ccc(C(C)(F)F)cc2)C1. The molecular weight excluding hydrogens is 380 g/mol. The molecule has 0 fully saturated rings. The Bertz CT molecular complexity index is 814. The normalized spacial score (nSPS) is 17.8. The lowest BCUT2D eigenvalue weighted by atomic mass is 9.98. The van der Waals surface area contributed by atoms with Crippen molar-refractivity contribution in [1.29, 1.82) is 0 Å². The lowest BCUT2D eigenvalue weighted by molar-refractivity contribution is 0.0175. The van der Waals surface area contributed by atoms with E-state index >= 15 is 0 Å². The molecule has 30 heavy (non-hydrogen) atoms. The van der Waals surface area contributed by atoms with Crippen LogP contribution in [0.15, 0.2) is 78.1 Å². The minimum absolute atomic E-state index is 0.0148. The van der Waals surface area contributed by atoms with Crippen LogP contribution in [0, 0.1) is 5.92 Å². The quantitative estimate of drug-likeness (QED) is 0.285. The van der Waals surface area contributed by atoms with Gasteiger partial charge in [-0.05, 0) is 44.2 Å². The number of hydrogen-bond acceptors (Lipinski definition) is 2. The van der Waals surface area contributed by atoms with E-state index in [0.29, 0.717) is 17.3 Å². The largest absolute Gasteiger partial charge is 0.354 e. The van der Waals surface area contributed by atoms with Gasteiger partial charge in [0.25, 0.3) is 5.92 Å². The van der Waals surface area contributed by atoms with E-state index in [1.54, 1.807) is 18.3 Å². The predicted molar refractivity (Wildman–Crippen MR) is 124 cm³/mol. The molecule has 1 heterocycles. The molecule has 162 valence electrons. The highest BCUT2D eigenvalue weighted by Gasteiger charge is 2.24. The molecule has 1 aliphatic heterocycles. The van der Waals surface area contributed by atoms with Crippen molar-refractivity contribution in [2.75, 3.05) is 18.4 Å². The molecule has 0 saturated carbocycles. The maximum Gasteiger partial charge on any atom is 0.270 e. The predicted octanol–water partition coefficient (Wildman–Crippen LogP) is 6.89. The molecule has 0 saturated heterocycles. The van der Waals surface area contributed by atoms with Crippen LogP contribution in [0.2, 0.25) is 0 Å². The van der Waals surface area contributed by atoms with Crippen molar-refractivity contribution in [2.24, 2.45) is 10.9 Å². The maximum atomic E-state index is 13.5. The first-order valence-corrected chi connectivity index (χ1v) is 10.5. The van der Waals surface area contributed by atoms with Crippen LogP contribution < -0.4 is 5.32 Å². The van der Waals surface area contributed by atoms with E-state index in [0.717, 1.165) is 45.1 Å². The molecule has 2 rings (SSSR count). The summed E-state index contributed by atoms with van der Waals surface area (Å²) in [6.07, 6.45) is 11.0. The molecule has 1 atom stereocenters. The fraction of sp³-hybridized carbons (Fsp3) is 0.400. The molecule has 1 aliphatic rings. The molecule has 1 aromatic rings. The monoisotopic (exact) mass is 413 g/mol. The third kappa shape index (κ3) is 6.97. The summed E-state index contributed by atoms with van der Waals surface area (Å²) in [6, 6.07) is 6.15. The number of amidine groups is 1. The van der Waals surface area contributed by atoms with E-state index in [4.69, 9.17) is 0 Å². The average molecular weight is 414 g/mol. The first kappa shape index (κ1) is 23.6. The molecular formula is C25H33F2N3. The van der Waals surface area contributed by atoms with E-state index in [9.17, 15) is 8.78 Å². The fourth-order valence-electron chi connectivity index (χ4n) is 3.37. The molecule has 3 nitrogen and oxygen atoms in total. The number of allylic oxidation sites excluding steroid dienone is 2. The number of nitrogens with one attached hydrogen (secondary N) is 1. The topological polar surface area (TPSA) is 27.6 Å². The van der Waals surface area contributed by atoms with E-state index in [2.05, 4.69) is 47.4 Å². The summed E-state index contributed by atoms with van der Waals surface area (Å²) in [5, 5.41) is 3.23. The van der Waals surface area contributed by atoms with E-state index in [1.165, 1.54) is 17.7 Å². The minimum atomic E-state index is -2.86. The molecule has 1 aromatic carbocycles. The van der Waals surface area contributed by atoms with Gasteiger partial charge in [0.1, 0.15) is 0 Å². The van der Waals surface area contributed by atoms with Gasteiger partial charge < -0.3 is 10.2 Å². The summed E-state index contributed by atoms with van der Waals surface area (Å²) >= 11 is 0. The van der Waals surface area contributed by atoms with Gasteiger partial charge in [-0.25, -0.2) is 13.8 Å². The molecule has 1 N–H and O–H groups in total. The Kier molecular flexibility index (Phi) is 8.58. The molecule has 0 aromatic heterocycles. The fourth-order valence-corrected chi connectivity index (χ4v) is 3.37. The van der Waals surface area contributed by atoms with Crippen molar-refractivity contribution in [3.63, 3.8) is 0 Å². The molecule has 0 radical (unpaired) electrons. The third-order valence-electron chi connectivity index (χ3n) is 5.08. The van der Waals surface area contributed by atoms with Gasteiger partial charge in [0.05, 0.1) is 5.70 Å². The summed E-state index contributed by atoms with van der Waals surface area (Å²) in [7, 11) is 0. The van der Waals surface area contributed by atoms with Crippen LogP contribution >= 0.6 is 0 Å². The Labute approximate surface area is 179 Å². The van der Waals surface area contributed by atoms with Gasteiger partial charge in [0, 0.05) is 37.5 Å². The zero-order chi connectivity index (χ0) is 22.1. The van der Waals surface area contributed by atoms with Crippen LogP contribution in [-0.2, 0) is 5.92 Å². The van der Waals surface area contributed by atoms with E-state index in [-0.39, 0.29) is 5.56 Å². The Morgan fingerprint density at radius 3 is 2.60 bits per heavy atom. The van der Waals surface area contributed by atoms with Crippen molar-refractivity contribution in [3.8, 4) is 0 Å². The molecule has 0 spiro atoms. The lowest BCUT2D eigenvalue weighted by Crippen LogP contribution is -2.37. The third-order valence-corrected chi connectivity index (χ3v) is 5.08. The van der Waals surface area contributed by atoms with Gasteiger partial charge in [-0.3, -0.25) is 0 Å². The first-order chi connectivity index (χ1) is 14.2. The van der Waals surface area contributed by atoms with Crippen molar-refractivity contribution in [1.82, 2.24) is 4.90 Å². The molecule has 0 amide bonds. The van der Waals surface area contributed by atoms with E-state index in [1.807, 2.05) is 13.0 Å². The van der Waals surface area contributed by atoms with Gasteiger partial charge >= 0.3 is 0 Å². The summed E-state index contributed by atoms with van der Waals surface area (Å²) in [6.45, 7) is 14.9. The van der Waals surface area contributed by atoms with Crippen LogP contribution in [0.25, 0.3) is 0 Å². The summed E-state index contributed by atoms with van der Waals surface area (Å²) in [5.41, 5.74) is 2.56. The standard InChI is InChI=1S/C25H33F2N3/c1-6-15-28-24(30-16-9-8-10-21(18-30)17-19(3)7-2)20(4)29-23-13-11-22(12-14-23)25(5,26)27/h6,8,10-15,21,29H,3-4,7,9,16-18H2,1-2,5H3/b15-6-,28-24?. The Morgan fingerprint density at radius 1 is 1.30 bits per heavy atom. The number of rotatable bonds is 8. The minimum Gasteiger partial charge on any atom is -0.354 e. The van der Waals surface area contributed by atoms with Crippen LogP contribution in [0.5, 0.6) is 0 Å². The molecule has 5 heteroatoms. The molecule has 0 bridgehead atoms. The second-order valence-corrected chi connectivity index (χ2v) is 7.73. The average Bonchev–Trinajstić information content (AvgIpc) is 2.93. The molecule has 1 unspecified atom stereocenters. The highest BCUT2D eigenvalue weighted by atomic mass is 19.3. The Morgan fingerprint density at radius 2 is 2.00 bits per heavy atom. The summed E-state index contributed by atoms with van der Waals surface area (Å²) in [4.78, 5) is 6.86. The maximum absolute atomic E-state index is 13.5. The van der Waals surface area contributed by atoms with E-state index < -0.39 is 5.92 Å². The number of halogens is 2. The summed E-state index contributed by atoms with van der Waals surface area (Å²) in [5.74, 6) is -1.73. The second-order valence-electron chi connectivity index (χ2n) is 7.73. The zero-order valence-electron chi connectivity index (χ0n) is 18.3. The van der Waals surface area contributed by atoms with Crippen molar-refractivity contribution >= 4 is 11.5 Å².